The van der Waals surface area contributed by atoms with E-state index in [1.807, 2.05) is 30.4 Å². The van der Waals surface area contributed by atoms with Crippen molar-refractivity contribution in [1.29, 1.82) is 0 Å². The summed E-state index contributed by atoms with van der Waals surface area (Å²) in [6, 6.07) is 3.84. The third-order valence-electron chi connectivity index (χ3n) is 4.50. The fraction of sp³-hybridized carbons (Fsp3) is 0.294. The van der Waals surface area contributed by atoms with Crippen molar-refractivity contribution in [2.75, 3.05) is 5.73 Å². The number of nitrogens with two attached hydrogens (primary N) is 1. The van der Waals surface area contributed by atoms with Gasteiger partial charge in [-0.05, 0) is 50.3 Å². The molecule has 0 spiro atoms. The average molecular weight is 296 g/mol. The second-order valence-corrected chi connectivity index (χ2v) is 5.89. The number of imidazole rings is 1. The van der Waals surface area contributed by atoms with Gasteiger partial charge in [-0.2, -0.15) is 0 Å². The van der Waals surface area contributed by atoms with Crippen molar-refractivity contribution in [1.82, 2.24) is 14.4 Å². The monoisotopic (exact) mass is 296 g/mol. The molecule has 1 aliphatic carbocycles. The van der Waals surface area contributed by atoms with E-state index >= 15 is 0 Å². The highest BCUT2D eigenvalue weighted by atomic mass is 19.1. The number of aromatic nitrogens is 3. The first kappa shape index (κ1) is 13.2. The van der Waals surface area contributed by atoms with E-state index in [4.69, 9.17) is 5.73 Å². The van der Waals surface area contributed by atoms with Gasteiger partial charge in [-0.1, -0.05) is 6.07 Å². The summed E-state index contributed by atoms with van der Waals surface area (Å²) in [7, 11) is 0. The Hall–Kier alpha value is -2.43. The lowest BCUT2D eigenvalue weighted by Gasteiger charge is -2.08. The molecule has 0 bridgehead atoms. The number of fused-ring (bicyclic) bond motifs is 2. The maximum absolute atomic E-state index is 14.9. The van der Waals surface area contributed by atoms with Gasteiger partial charge in [0.25, 0.3) is 0 Å². The summed E-state index contributed by atoms with van der Waals surface area (Å²) in [5.74, 6) is 1.01. The molecule has 0 aliphatic heterocycles. The molecule has 2 N–H and O–H groups in total. The van der Waals surface area contributed by atoms with Crippen molar-refractivity contribution in [3.8, 4) is 11.3 Å². The molecular weight excluding hydrogens is 279 g/mol. The normalized spacial score (nSPS) is 13.8. The van der Waals surface area contributed by atoms with E-state index in [0.717, 1.165) is 41.9 Å². The Kier molecular flexibility index (Phi) is 2.73. The van der Waals surface area contributed by atoms with Crippen molar-refractivity contribution in [3.63, 3.8) is 0 Å². The molecule has 22 heavy (non-hydrogen) atoms. The lowest BCUT2D eigenvalue weighted by molar-refractivity contribution is 0.616. The molecule has 4 nitrogen and oxygen atoms in total. The Morgan fingerprint density at radius 2 is 2.05 bits per heavy atom. The van der Waals surface area contributed by atoms with E-state index in [0.29, 0.717) is 22.6 Å². The highest BCUT2D eigenvalue weighted by Gasteiger charge is 2.23. The van der Waals surface area contributed by atoms with Crippen LogP contribution >= 0.6 is 0 Å². The van der Waals surface area contributed by atoms with Crippen molar-refractivity contribution in [3.05, 3.63) is 46.8 Å². The molecule has 0 unspecified atom stereocenters. The average Bonchev–Trinajstić information content (AvgIpc) is 3.09. The van der Waals surface area contributed by atoms with Gasteiger partial charge in [0.05, 0.1) is 0 Å². The van der Waals surface area contributed by atoms with Gasteiger partial charge in [-0.3, -0.25) is 4.40 Å². The largest absolute Gasteiger partial charge is 0.382 e. The fourth-order valence-electron chi connectivity index (χ4n) is 3.47. The van der Waals surface area contributed by atoms with E-state index in [9.17, 15) is 4.39 Å². The second-order valence-electron chi connectivity index (χ2n) is 5.89. The summed E-state index contributed by atoms with van der Waals surface area (Å²) in [6.07, 6.45) is 4.48. The minimum Gasteiger partial charge on any atom is -0.382 e. The zero-order valence-corrected chi connectivity index (χ0v) is 12.7. The van der Waals surface area contributed by atoms with Crippen molar-refractivity contribution in [2.45, 2.75) is 33.1 Å². The standard InChI is InChI=1S/C17H17FN4/c1-9-8-20-17(19)16-15(21-10(2)22(9)16)13-7-6-11-4-3-5-12(11)14(13)18/h6-8H,3-5H2,1-2H3,(H2,19,20). The van der Waals surface area contributed by atoms with Crippen molar-refractivity contribution >= 4 is 11.3 Å². The van der Waals surface area contributed by atoms with Crippen LogP contribution in [0.25, 0.3) is 16.8 Å². The molecule has 1 aliphatic rings. The summed E-state index contributed by atoms with van der Waals surface area (Å²) in [5, 5.41) is 0. The highest BCUT2D eigenvalue weighted by Crippen LogP contribution is 2.35. The first-order valence-electron chi connectivity index (χ1n) is 7.48. The van der Waals surface area contributed by atoms with Crippen LogP contribution in [0.15, 0.2) is 18.3 Å². The molecule has 2 heterocycles. The van der Waals surface area contributed by atoms with Gasteiger partial charge in [-0.15, -0.1) is 0 Å². The Labute approximate surface area is 127 Å². The smallest absolute Gasteiger partial charge is 0.150 e. The fourth-order valence-corrected chi connectivity index (χ4v) is 3.47. The number of hydrogen-bond donors (Lipinski definition) is 1. The van der Waals surface area contributed by atoms with Gasteiger partial charge in [0.15, 0.2) is 0 Å². The van der Waals surface area contributed by atoms with Gasteiger partial charge < -0.3 is 5.73 Å². The highest BCUT2D eigenvalue weighted by molar-refractivity contribution is 5.86. The number of nitrogens with zero attached hydrogens (tertiary/aromatic N) is 3. The van der Waals surface area contributed by atoms with E-state index in [1.165, 1.54) is 0 Å². The molecule has 0 amide bonds. The Morgan fingerprint density at radius 3 is 2.86 bits per heavy atom. The third-order valence-corrected chi connectivity index (χ3v) is 4.50. The molecule has 0 atom stereocenters. The van der Waals surface area contributed by atoms with Crippen molar-refractivity contribution < 1.29 is 4.39 Å². The summed E-state index contributed by atoms with van der Waals surface area (Å²) in [5.41, 5.74) is 10.7. The molecule has 4 rings (SSSR count). The number of anilines is 1. The number of halogens is 1. The Balaban J connectivity index is 2.06. The molecule has 2 aromatic heterocycles. The number of nitrogen functional groups attached to an aromatic ring is 1. The molecule has 0 saturated heterocycles. The van der Waals surface area contributed by atoms with Gasteiger partial charge >= 0.3 is 0 Å². The molecule has 0 radical (unpaired) electrons. The quantitative estimate of drug-likeness (QED) is 0.750. The molecule has 1 aromatic carbocycles. The first-order chi connectivity index (χ1) is 10.6. The number of aryl methyl sites for hydroxylation is 3. The number of rotatable bonds is 1. The zero-order valence-electron chi connectivity index (χ0n) is 12.7. The van der Waals surface area contributed by atoms with E-state index in [1.54, 1.807) is 6.20 Å². The van der Waals surface area contributed by atoms with Crippen LogP contribution in [0.2, 0.25) is 0 Å². The van der Waals surface area contributed by atoms with Crippen LogP contribution in [0.1, 0.15) is 29.1 Å². The SMILES string of the molecule is Cc1cnc(N)c2c(-c3ccc4c(c3F)CCC4)nc(C)n12. The van der Waals surface area contributed by atoms with Gasteiger partial charge in [0, 0.05) is 17.5 Å². The van der Waals surface area contributed by atoms with E-state index in [2.05, 4.69) is 9.97 Å². The van der Waals surface area contributed by atoms with Crippen LogP contribution in [0, 0.1) is 19.7 Å². The summed E-state index contributed by atoms with van der Waals surface area (Å²) in [6.45, 7) is 3.84. The summed E-state index contributed by atoms with van der Waals surface area (Å²) in [4.78, 5) is 8.77. The van der Waals surface area contributed by atoms with Crippen LogP contribution in [-0.2, 0) is 12.8 Å². The van der Waals surface area contributed by atoms with Gasteiger partial charge in [-0.25, -0.2) is 14.4 Å². The van der Waals surface area contributed by atoms with Crippen molar-refractivity contribution in [2.24, 2.45) is 0 Å². The Morgan fingerprint density at radius 1 is 1.23 bits per heavy atom. The lowest BCUT2D eigenvalue weighted by atomic mass is 10.0. The number of hydrogen-bond acceptors (Lipinski definition) is 3. The van der Waals surface area contributed by atoms with Gasteiger partial charge in [0.1, 0.15) is 28.7 Å². The molecule has 5 heteroatoms. The predicted octanol–water partition coefficient (Wildman–Crippen LogP) is 3.22. The molecule has 3 aromatic rings. The van der Waals surface area contributed by atoms with Crippen LogP contribution in [0.3, 0.4) is 0 Å². The topological polar surface area (TPSA) is 56.2 Å². The van der Waals surface area contributed by atoms with Crippen LogP contribution in [-0.4, -0.2) is 14.4 Å². The summed E-state index contributed by atoms with van der Waals surface area (Å²) >= 11 is 0. The predicted molar refractivity (Wildman–Crippen MR) is 84.3 cm³/mol. The van der Waals surface area contributed by atoms with E-state index < -0.39 is 0 Å². The maximum atomic E-state index is 14.9. The Bertz CT molecular complexity index is 911. The third kappa shape index (κ3) is 1.68. The van der Waals surface area contributed by atoms with Crippen LogP contribution < -0.4 is 5.73 Å². The minimum absolute atomic E-state index is 0.157. The minimum atomic E-state index is -0.157. The molecule has 0 saturated carbocycles. The lowest BCUT2D eigenvalue weighted by Crippen LogP contribution is -2.01. The maximum Gasteiger partial charge on any atom is 0.150 e. The number of benzene rings is 1. The van der Waals surface area contributed by atoms with Gasteiger partial charge in [0.2, 0.25) is 0 Å². The first-order valence-corrected chi connectivity index (χ1v) is 7.48. The molecule has 0 fully saturated rings. The molecular formula is C17H17FN4. The van der Waals surface area contributed by atoms with E-state index in [-0.39, 0.29) is 5.82 Å². The summed E-state index contributed by atoms with van der Waals surface area (Å²) < 4.78 is 16.9. The van der Waals surface area contributed by atoms with Crippen LogP contribution in [0.4, 0.5) is 10.2 Å². The second kappa shape index (κ2) is 4.53. The molecule has 112 valence electrons. The van der Waals surface area contributed by atoms with Crippen LogP contribution in [0.5, 0.6) is 0 Å². The zero-order chi connectivity index (χ0) is 15.4.